The highest BCUT2D eigenvalue weighted by Gasteiger charge is 2.32. The average molecular weight is 212 g/mol. The minimum Gasteiger partial charge on any atom is -0.393 e. The standard InChI is InChI=1S/C9H15F3O2/c10-9(11,12)6-8(13)5-7-1-3-14-4-2-7/h7-8,13H,1-6H2. The topological polar surface area (TPSA) is 29.5 Å². The molecule has 1 atom stereocenters. The summed E-state index contributed by atoms with van der Waals surface area (Å²) in [6.45, 7) is 1.20. The molecule has 0 amide bonds. The lowest BCUT2D eigenvalue weighted by molar-refractivity contribution is -0.155. The van der Waals surface area contributed by atoms with Gasteiger partial charge in [-0.05, 0) is 25.2 Å². The predicted molar refractivity (Wildman–Crippen MR) is 44.8 cm³/mol. The lowest BCUT2D eigenvalue weighted by atomic mass is 9.92. The molecule has 0 bridgehead atoms. The van der Waals surface area contributed by atoms with E-state index in [1.165, 1.54) is 0 Å². The molecule has 1 fully saturated rings. The Kier molecular flexibility index (Phi) is 4.19. The van der Waals surface area contributed by atoms with Gasteiger partial charge in [0.05, 0.1) is 12.5 Å². The molecule has 2 nitrogen and oxygen atoms in total. The molecule has 1 aliphatic heterocycles. The quantitative estimate of drug-likeness (QED) is 0.776. The Bertz CT molecular complexity index is 164. The third kappa shape index (κ3) is 4.81. The third-order valence-electron chi connectivity index (χ3n) is 2.41. The van der Waals surface area contributed by atoms with Gasteiger partial charge in [0.2, 0.25) is 0 Å². The summed E-state index contributed by atoms with van der Waals surface area (Å²) >= 11 is 0. The number of ether oxygens (including phenoxy) is 1. The van der Waals surface area contributed by atoms with Crippen molar-refractivity contribution in [1.82, 2.24) is 0 Å². The summed E-state index contributed by atoms with van der Waals surface area (Å²) in [5.41, 5.74) is 0. The molecule has 0 aromatic heterocycles. The highest BCUT2D eigenvalue weighted by molar-refractivity contribution is 4.70. The van der Waals surface area contributed by atoms with Crippen LogP contribution in [0.5, 0.6) is 0 Å². The summed E-state index contributed by atoms with van der Waals surface area (Å²) in [6.07, 6.45) is -4.85. The van der Waals surface area contributed by atoms with Gasteiger partial charge in [-0.1, -0.05) is 0 Å². The minimum atomic E-state index is -4.26. The van der Waals surface area contributed by atoms with E-state index in [1.807, 2.05) is 0 Å². The van der Waals surface area contributed by atoms with Crippen molar-refractivity contribution in [1.29, 1.82) is 0 Å². The van der Waals surface area contributed by atoms with Crippen molar-refractivity contribution in [3.63, 3.8) is 0 Å². The van der Waals surface area contributed by atoms with Crippen LogP contribution in [0.2, 0.25) is 0 Å². The summed E-state index contributed by atoms with van der Waals surface area (Å²) in [5.74, 6) is 0.182. The van der Waals surface area contributed by atoms with Gasteiger partial charge in [-0.15, -0.1) is 0 Å². The van der Waals surface area contributed by atoms with Crippen LogP contribution in [0.15, 0.2) is 0 Å². The number of aliphatic hydroxyl groups excluding tert-OH is 1. The molecule has 14 heavy (non-hydrogen) atoms. The SMILES string of the molecule is OC(CC1CCOCC1)CC(F)(F)F. The highest BCUT2D eigenvalue weighted by atomic mass is 19.4. The molecule has 0 aliphatic carbocycles. The number of rotatable bonds is 3. The molecule has 1 rings (SSSR count). The van der Waals surface area contributed by atoms with Crippen LogP contribution >= 0.6 is 0 Å². The third-order valence-corrected chi connectivity index (χ3v) is 2.41. The highest BCUT2D eigenvalue weighted by Crippen LogP contribution is 2.27. The second-order valence-corrected chi connectivity index (χ2v) is 3.76. The van der Waals surface area contributed by atoms with E-state index in [0.717, 1.165) is 12.8 Å². The second kappa shape index (κ2) is 4.98. The van der Waals surface area contributed by atoms with Gasteiger partial charge in [0, 0.05) is 13.2 Å². The first-order chi connectivity index (χ1) is 6.47. The van der Waals surface area contributed by atoms with Crippen LogP contribution in [0, 0.1) is 5.92 Å². The fourth-order valence-electron chi connectivity index (χ4n) is 1.72. The van der Waals surface area contributed by atoms with Crippen LogP contribution < -0.4 is 0 Å². The zero-order valence-corrected chi connectivity index (χ0v) is 7.89. The van der Waals surface area contributed by atoms with E-state index >= 15 is 0 Å². The lowest BCUT2D eigenvalue weighted by Crippen LogP contribution is -2.25. The summed E-state index contributed by atoms with van der Waals surface area (Å²) in [7, 11) is 0. The molecular formula is C9H15F3O2. The molecule has 0 spiro atoms. The molecule has 1 N–H and O–H groups in total. The van der Waals surface area contributed by atoms with E-state index < -0.39 is 18.7 Å². The average Bonchev–Trinajstić information content (AvgIpc) is 2.02. The Morgan fingerprint density at radius 1 is 1.29 bits per heavy atom. The molecule has 84 valence electrons. The van der Waals surface area contributed by atoms with E-state index in [1.54, 1.807) is 0 Å². The smallest absolute Gasteiger partial charge is 0.391 e. The van der Waals surface area contributed by atoms with Crippen molar-refractivity contribution in [2.45, 2.75) is 38.0 Å². The Labute approximate surface area is 81.1 Å². The van der Waals surface area contributed by atoms with Gasteiger partial charge in [-0.2, -0.15) is 13.2 Å². The molecule has 0 radical (unpaired) electrons. The summed E-state index contributed by atoms with van der Waals surface area (Å²) in [5, 5.41) is 9.18. The van der Waals surface area contributed by atoms with Gasteiger partial charge < -0.3 is 9.84 Å². The van der Waals surface area contributed by atoms with Crippen LogP contribution in [-0.4, -0.2) is 30.6 Å². The van der Waals surface area contributed by atoms with Crippen molar-refractivity contribution in [3.8, 4) is 0 Å². The van der Waals surface area contributed by atoms with Crippen LogP contribution in [0.25, 0.3) is 0 Å². The van der Waals surface area contributed by atoms with Gasteiger partial charge in [-0.25, -0.2) is 0 Å². The van der Waals surface area contributed by atoms with Crippen molar-refractivity contribution < 1.29 is 23.0 Å². The first-order valence-electron chi connectivity index (χ1n) is 4.80. The molecule has 1 unspecified atom stereocenters. The number of aliphatic hydroxyl groups is 1. The second-order valence-electron chi connectivity index (χ2n) is 3.76. The molecule has 0 saturated carbocycles. The number of alkyl halides is 3. The van der Waals surface area contributed by atoms with Gasteiger partial charge >= 0.3 is 6.18 Å². The summed E-state index contributed by atoms with van der Waals surface area (Å²) < 4.78 is 40.7. The first-order valence-corrected chi connectivity index (χ1v) is 4.80. The van der Waals surface area contributed by atoms with Gasteiger partial charge in [0.15, 0.2) is 0 Å². The Morgan fingerprint density at radius 2 is 1.86 bits per heavy atom. The summed E-state index contributed by atoms with van der Waals surface area (Å²) in [4.78, 5) is 0. The Morgan fingerprint density at radius 3 is 2.36 bits per heavy atom. The zero-order valence-electron chi connectivity index (χ0n) is 7.89. The molecule has 5 heteroatoms. The maximum absolute atomic E-state index is 11.9. The van der Waals surface area contributed by atoms with Crippen molar-refractivity contribution in [2.75, 3.05) is 13.2 Å². The van der Waals surface area contributed by atoms with E-state index in [-0.39, 0.29) is 12.3 Å². The minimum absolute atomic E-state index is 0.182. The van der Waals surface area contributed by atoms with Crippen LogP contribution in [0.1, 0.15) is 25.7 Å². The van der Waals surface area contributed by atoms with Gasteiger partial charge in [0.1, 0.15) is 0 Å². The maximum Gasteiger partial charge on any atom is 0.391 e. The van der Waals surface area contributed by atoms with E-state index in [0.29, 0.717) is 13.2 Å². The molecule has 1 heterocycles. The predicted octanol–water partition coefficient (Wildman–Crippen LogP) is 2.12. The largest absolute Gasteiger partial charge is 0.393 e. The molecule has 1 saturated heterocycles. The van der Waals surface area contributed by atoms with Crippen LogP contribution in [0.4, 0.5) is 13.2 Å². The van der Waals surface area contributed by atoms with Crippen molar-refractivity contribution >= 4 is 0 Å². The number of hydrogen-bond donors (Lipinski definition) is 1. The monoisotopic (exact) mass is 212 g/mol. The van der Waals surface area contributed by atoms with Gasteiger partial charge in [-0.3, -0.25) is 0 Å². The lowest BCUT2D eigenvalue weighted by Gasteiger charge is -2.24. The van der Waals surface area contributed by atoms with E-state index in [4.69, 9.17) is 4.74 Å². The number of halogens is 3. The Balaban J connectivity index is 2.21. The van der Waals surface area contributed by atoms with E-state index in [2.05, 4.69) is 0 Å². The summed E-state index contributed by atoms with van der Waals surface area (Å²) in [6, 6.07) is 0. The molecule has 0 aromatic carbocycles. The Hall–Kier alpha value is -0.290. The van der Waals surface area contributed by atoms with Gasteiger partial charge in [0.25, 0.3) is 0 Å². The fraction of sp³-hybridized carbons (Fsp3) is 1.00. The van der Waals surface area contributed by atoms with Crippen molar-refractivity contribution in [2.24, 2.45) is 5.92 Å². The zero-order chi connectivity index (χ0) is 10.6. The van der Waals surface area contributed by atoms with Crippen LogP contribution in [-0.2, 0) is 4.74 Å². The fourth-order valence-corrected chi connectivity index (χ4v) is 1.72. The molecular weight excluding hydrogens is 197 g/mol. The maximum atomic E-state index is 11.9. The van der Waals surface area contributed by atoms with Crippen molar-refractivity contribution in [3.05, 3.63) is 0 Å². The van der Waals surface area contributed by atoms with E-state index in [9.17, 15) is 18.3 Å². The normalized spacial score (nSPS) is 22.3. The molecule has 0 aromatic rings. The molecule has 1 aliphatic rings. The first kappa shape index (κ1) is 11.8. The number of hydrogen-bond acceptors (Lipinski definition) is 2. The van der Waals surface area contributed by atoms with Crippen LogP contribution in [0.3, 0.4) is 0 Å².